The standard InChI is InChI=1S/C24H19BrFNO4/c1-30-23(29)15-2-4-16(5-3-15)24(12-13-24)27-22(28)20-14-17(25)6-11-21(20)31-19-9-7-18(26)8-10-19/h2-11,14H,12-13H2,1H3,(H,27,28). The molecule has 31 heavy (non-hydrogen) atoms. The van der Waals surface area contributed by atoms with Crippen molar-refractivity contribution >= 4 is 27.8 Å². The maximum Gasteiger partial charge on any atom is 0.337 e. The molecule has 1 aliphatic carbocycles. The van der Waals surface area contributed by atoms with Crippen molar-refractivity contribution in [2.75, 3.05) is 7.11 Å². The van der Waals surface area contributed by atoms with E-state index in [1.807, 2.05) is 12.1 Å². The largest absolute Gasteiger partial charge is 0.465 e. The van der Waals surface area contributed by atoms with E-state index in [2.05, 4.69) is 21.2 Å². The molecule has 0 aliphatic heterocycles. The quantitative estimate of drug-likeness (QED) is 0.464. The summed E-state index contributed by atoms with van der Waals surface area (Å²) in [6.07, 6.45) is 1.58. The molecule has 3 aromatic carbocycles. The zero-order valence-corrected chi connectivity index (χ0v) is 18.2. The first-order valence-corrected chi connectivity index (χ1v) is 10.4. The third-order valence-electron chi connectivity index (χ3n) is 5.19. The number of nitrogens with one attached hydrogen (secondary N) is 1. The van der Waals surface area contributed by atoms with Crippen LogP contribution >= 0.6 is 15.9 Å². The molecular weight excluding hydrogens is 465 g/mol. The van der Waals surface area contributed by atoms with Crippen molar-refractivity contribution in [2.45, 2.75) is 18.4 Å². The lowest BCUT2D eigenvalue weighted by atomic mass is 10.0. The molecule has 0 radical (unpaired) electrons. The van der Waals surface area contributed by atoms with Gasteiger partial charge in [-0.25, -0.2) is 9.18 Å². The van der Waals surface area contributed by atoms with Gasteiger partial charge in [-0.1, -0.05) is 28.1 Å². The monoisotopic (exact) mass is 483 g/mol. The number of amides is 1. The summed E-state index contributed by atoms with van der Waals surface area (Å²) in [5, 5.41) is 3.11. The Labute approximate surface area is 187 Å². The van der Waals surface area contributed by atoms with Crippen LogP contribution in [0.1, 0.15) is 39.1 Å². The van der Waals surface area contributed by atoms with Crippen LogP contribution in [0.4, 0.5) is 4.39 Å². The van der Waals surface area contributed by atoms with Crippen LogP contribution < -0.4 is 10.1 Å². The van der Waals surface area contributed by atoms with E-state index in [0.717, 1.165) is 22.9 Å². The smallest absolute Gasteiger partial charge is 0.337 e. The Morgan fingerprint density at radius 1 is 1.00 bits per heavy atom. The highest BCUT2D eigenvalue weighted by atomic mass is 79.9. The molecule has 0 aromatic heterocycles. The Morgan fingerprint density at radius 2 is 1.68 bits per heavy atom. The summed E-state index contributed by atoms with van der Waals surface area (Å²) in [4.78, 5) is 24.8. The lowest BCUT2D eigenvalue weighted by Crippen LogP contribution is -2.35. The summed E-state index contributed by atoms with van der Waals surface area (Å²) in [6, 6.07) is 17.8. The fourth-order valence-corrected chi connectivity index (χ4v) is 3.70. The minimum Gasteiger partial charge on any atom is -0.465 e. The number of rotatable bonds is 6. The third kappa shape index (κ3) is 4.61. The average molecular weight is 484 g/mol. The molecule has 0 atom stereocenters. The van der Waals surface area contributed by atoms with Crippen molar-refractivity contribution in [2.24, 2.45) is 0 Å². The van der Waals surface area contributed by atoms with Crippen LogP contribution in [0.2, 0.25) is 0 Å². The number of ether oxygens (including phenoxy) is 2. The molecule has 1 fully saturated rings. The van der Waals surface area contributed by atoms with Crippen LogP contribution in [0.25, 0.3) is 0 Å². The highest BCUT2D eigenvalue weighted by Crippen LogP contribution is 2.46. The van der Waals surface area contributed by atoms with Gasteiger partial charge in [-0.2, -0.15) is 0 Å². The summed E-state index contributed by atoms with van der Waals surface area (Å²) in [7, 11) is 1.34. The number of esters is 1. The van der Waals surface area contributed by atoms with Crippen molar-refractivity contribution < 1.29 is 23.5 Å². The van der Waals surface area contributed by atoms with Gasteiger partial charge in [0, 0.05) is 4.47 Å². The number of carbonyl (C=O) groups excluding carboxylic acids is 2. The minimum atomic E-state index is -0.485. The van der Waals surface area contributed by atoms with Crippen LogP contribution in [-0.4, -0.2) is 19.0 Å². The first-order valence-electron chi connectivity index (χ1n) is 9.64. The molecule has 158 valence electrons. The number of benzene rings is 3. The van der Waals surface area contributed by atoms with Gasteiger partial charge >= 0.3 is 5.97 Å². The van der Waals surface area contributed by atoms with Crippen LogP contribution in [0.5, 0.6) is 11.5 Å². The van der Waals surface area contributed by atoms with Gasteiger partial charge in [0.2, 0.25) is 0 Å². The van der Waals surface area contributed by atoms with Crippen molar-refractivity contribution in [1.82, 2.24) is 5.32 Å². The van der Waals surface area contributed by atoms with Crippen LogP contribution in [0.15, 0.2) is 71.2 Å². The van der Waals surface area contributed by atoms with Gasteiger partial charge in [-0.3, -0.25) is 4.79 Å². The predicted molar refractivity (Wildman–Crippen MR) is 117 cm³/mol. The van der Waals surface area contributed by atoms with Crippen molar-refractivity contribution in [3.63, 3.8) is 0 Å². The fourth-order valence-electron chi connectivity index (χ4n) is 3.34. The average Bonchev–Trinajstić information content (AvgIpc) is 3.56. The van der Waals surface area contributed by atoms with Crippen molar-refractivity contribution in [3.05, 3.63) is 93.7 Å². The summed E-state index contributed by atoms with van der Waals surface area (Å²) >= 11 is 3.40. The molecule has 1 saturated carbocycles. The molecule has 3 aromatic rings. The van der Waals surface area contributed by atoms with E-state index in [0.29, 0.717) is 22.6 Å². The van der Waals surface area contributed by atoms with Crippen LogP contribution in [0.3, 0.4) is 0 Å². The zero-order valence-electron chi connectivity index (χ0n) is 16.7. The second-order valence-corrected chi connectivity index (χ2v) is 8.22. The normalized spacial score (nSPS) is 13.9. The second-order valence-electron chi connectivity index (χ2n) is 7.30. The Bertz CT molecular complexity index is 1130. The molecular formula is C24H19BrFNO4. The molecule has 1 N–H and O–H groups in total. The van der Waals surface area contributed by atoms with Gasteiger partial charge in [-0.15, -0.1) is 0 Å². The van der Waals surface area contributed by atoms with Gasteiger partial charge in [0.1, 0.15) is 17.3 Å². The number of carbonyl (C=O) groups is 2. The van der Waals surface area contributed by atoms with E-state index in [1.165, 1.54) is 31.4 Å². The molecule has 5 nitrogen and oxygen atoms in total. The first kappa shape index (κ1) is 21.1. The molecule has 0 saturated heterocycles. The molecule has 0 unspecified atom stereocenters. The summed E-state index contributed by atoms with van der Waals surface area (Å²) < 4.78 is 24.5. The second kappa shape index (κ2) is 8.51. The molecule has 7 heteroatoms. The van der Waals surface area contributed by atoms with Gasteiger partial charge in [0.25, 0.3) is 5.91 Å². The topological polar surface area (TPSA) is 64.6 Å². The van der Waals surface area contributed by atoms with E-state index in [-0.39, 0.29) is 11.7 Å². The van der Waals surface area contributed by atoms with E-state index < -0.39 is 11.5 Å². The van der Waals surface area contributed by atoms with E-state index in [1.54, 1.807) is 30.3 Å². The zero-order chi connectivity index (χ0) is 22.0. The van der Waals surface area contributed by atoms with E-state index in [9.17, 15) is 14.0 Å². The Kier molecular flexibility index (Phi) is 5.78. The maximum atomic E-state index is 13.2. The number of hydrogen-bond acceptors (Lipinski definition) is 4. The fraction of sp³-hybridized carbons (Fsp3) is 0.167. The highest BCUT2D eigenvalue weighted by Gasteiger charge is 2.46. The van der Waals surface area contributed by atoms with E-state index in [4.69, 9.17) is 9.47 Å². The van der Waals surface area contributed by atoms with Gasteiger partial charge in [0.05, 0.1) is 23.8 Å². The number of hydrogen-bond donors (Lipinski definition) is 1. The minimum absolute atomic E-state index is 0.284. The third-order valence-corrected chi connectivity index (χ3v) is 5.68. The van der Waals surface area contributed by atoms with Gasteiger partial charge in [-0.05, 0) is 73.0 Å². The van der Waals surface area contributed by atoms with Gasteiger partial charge in [0.15, 0.2) is 0 Å². The highest BCUT2D eigenvalue weighted by molar-refractivity contribution is 9.10. The number of methoxy groups -OCH3 is 1. The van der Waals surface area contributed by atoms with Crippen molar-refractivity contribution in [1.29, 1.82) is 0 Å². The predicted octanol–water partition coefficient (Wildman–Crippen LogP) is 5.59. The van der Waals surface area contributed by atoms with Crippen LogP contribution in [-0.2, 0) is 10.3 Å². The summed E-state index contributed by atoms with van der Waals surface area (Å²) in [5.74, 6) is -0.262. The Balaban J connectivity index is 1.56. The SMILES string of the molecule is COC(=O)c1ccc(C2(NC(=O)c3cc(Br)ccc3Oc3ccc(F)cc3)CC2)cc1. The van der Waals surface area contributed by atoms with Crippen LogP contribution in [0, 0.1) is 5.82 Å². The lowest BCUT2D eigenvalue weighted by molar-refractivity contribution is 0.0600. The summed E-state index contributed by atoms with van der Waals surface area (Å²) in [5.41, 5.74) is 1.25. The summed E-state index contributed by atoms with van der Waals surface area (Å²) in [6.45, 7) is 0. The maximum absolute atomic E-state index is 13.2. The molecule has 0 spiro atoms. The molecule has 4 rings (SSSR count). The first-order chi connectivity index (χ1) is 14.9. The van der Waals surface area contributed by atoms with E-state index >= 15 is 0 Å². The molecule has 0 bridgehead atoms. The Hall–Kier alpha value is -3.19. The molecule has 1 amide bonds. The van der Waals surface area contributed by atoms with Gasteiger partial charge < -0.3 is 14.8 Å². The Morgan fingerprint density at radius 3 is 2.29 bits per heavy atom. The molecule has 0 heterocycles. The lowest BCUT2D eigenvalue weighted by Gasteiger charge is -2.20. The molecule has 1 aliphatic rings. The number of halogens is 2. The van der Waals surface area contributed by atoms with Crippen molar-refractivity contribution in [3.8, 4) is 11.5 Å².